The Morgan fingerprint density at radius 3 is 2.27 bits per heavy atom. The van der Waals surface area contributed by atoms with Crippen molar-refractivity contribution in [3.05, 3.63) is 28.4 Å². The van der Waals surface area contributed by atoms with Crippen molar-refractivity contribution in [1.29, 1.82) is 0 Å². The fourth-order valence-corrected chi connectivity index (χ4v) is 8.01. The Morgan fingerprint density at radius 2 is 1.71 bits per heavy atom. The van der Waals surface area contributed by atoms with Crippen LogP contribution in [-0.4, -0.2) is 131 Å². The number of nitrogens with one attached hydrogen (secondary N) is 2. The number of halogens is 6. The molecule has 1 unspecified atom stereocenters. The van der Waals surface area contributed by atoms with Crippen molar-refractivity contribution in [2.75, 3.05) is 59.1 Å². The third-order valence-corrected chi connectivity index (χ3v) is 11.5. The zero-order chi connectivity index (χ0) is 37.6. The molecule has 6 rings (SSSR count). The summed E-state index contributed by atoms with van der Waals surface area (Å²) in [6.45, 7) is 1.94. The van der Waals surface area contributed by atoms with Crippen molar-refractivity contribution >= 4 is 17.7 Å². The summed E-state index contributed by atoms with van der Waals surface area (Å²) >= 11 is 0. The zero-order valence-electron chi connectivity index (χ0n) is 28.7. The lowest BCUT2D eigenvalue weighted by Crippen LogP contribution is -2.67. The van der Waals surface area contributed by atoms with Crippen LogP contribution < -0.4 is 10.9 Å². The molecule has 5 heterocycles. The van der Waals surface area contributed by atoms with Crippen LogP contribution in [0.1, 0.15) is 57.4 Å². The lowest BCUT2D eigenvalue weighted by molar-refractivity contribution is -0.205. The van der Waals surface area contributed by atoms with E-state index in [1.165, 1.54) is 16.0 Å². The van der Waals surface area contributed by atoms with E-state index in [-0.39, 0.29) is 83.2 Å². The maximum atomic E-state index is 14.3. The second-order valence-corrected chi connectivity index (χ2v) is 15.0. The molecule has 1 aromatic heterocycles. The Balaban J connectivity index is 1.22. The Hall–Kier alpha value is -3.29. The molecule has 5 fully saturated rings. The van der Waals surface area contributed by atoms with E-state index in [9.17, 15) is 50.6 Å². The number of carbonyl (C=O) groups excluding carboxylic acids is 3. The monoisotopic (exact) mass is 750 g/mol. The molecule has 0 radical (unpaired) electrons. The number of ether oxygens (including phenoxy) is 2. The van der Waals surface area contributed by atoms with E-state index in [0.29, 0.717) is 13.2 Å². The van der Waals surface area contributed by atoms with E-state index in [1.807, 2.05) is 0 Å². The fourth-order valence-electron chi connectivity index (χ4n) is 8.01. The van der Waals surface area contributed by atoms with Crippen LogP contribution in [0.2, 0.25) is 0 Å². The third-order valence-electron chi connectivity index (χ3n) is 11.5. The van der Waals surface area contributed by atoms with Gasteiger partial charge >= 0.3 is 12.4 Å². The van der Waals surface area contributed by atoms with Crippen LogP contribution in [0.4, 0.5) is 26.3 Å². The van der Waals surface area contributed by atoms with Gasteiger partial charge in [0, 0.05) is 64.1 Å². The summed E-state index contributed by atoms with van der Waals surface area (Å²) in [5, 5.41) is 14.0. The summed E-state index contributed by atoms with van der Waals surface area (Å²) in [5.74, 6) is -4.85. The molecule has 13 nitrogen and oxygen atoms in total. The molecule has 52 heavy (non-hydrogen) atoms. The van der Waals surface area contributed by atoms with Gasteiger partial charge in [-0.25, -0.2) is 4.98 Å². The number of nitrogens with zero attached hydrogens (tertiary/aromatic N) is 4. The van der Waals surface area contributed by atoms with Gasteiger partial charge in [0.2, 0.25) is 17.7 Å². The van der Waals surface area contributed by atoms with E-state index in [0.717, 1.165) is 23.9 Å². The minimum absolute atomic E-state index is 0.0325. The van der Waals surface area contributed by atoms with Crippen molar-refractivity contribution in [2.24, 2.45) is 28.6 Å². The molecule has 1 aromatic rings. The van der Waals surface area contributed by atoms with E-state index in [1.54, 1.807) is 6.92 Å². The van der Waals surface area contributed by atoms with Crippen LogP contribution >= 0.6 is 0 Å². The van der Waals surface area contributed by atoms with Crippen LogP contribution in [-0.2, 0) is 23.9 Å². The standard InChI is InChI=1S/C33H44F6N6O7/c1-19(52-15-20-4-10-51-11-5-20)25(28(49)43-8-2-21(3-9-43)32(34,35)36)42-26(47)22-14-44(27(48)23-12-41-24(46)13-40-23)16-30(22)17-45(18-30)29(50)31(6-7-31)33(37,38)39/h12-13,19-22,25,27,48H,2-11,14-18H2,1H3,(H,41,46)(H,42,47)/t19-,22+,25+,27?/m1/s1. The number of rotatable bonds is 10. The Labute approximate surface area is 295 Å². The fraction of sp³-hybridized carbons (Fsp3) is 0.788. The number of carbonyl (C=O) groups is 3. The highest BCUT2D eigenvalue weighted by molar-refractivity contribution is 5.91. The Morgan fingerprint density at radius 1 is 1.06 bits per heavy atom. The smallest absolute Gasteiger partial charge is 0.381 e. The molecule has 4 saturated heterocycles. The van der Waals surface area contributed by atoms with Gasteiger partial charge in [-0.05, 0) is 51.4 Å². The molecule has 19 heteroatoms. The molecule has 0 bridgehead atoms. The van der Waals surface area contributed by atoms with Crippen LogP contribution in [0.25, 0.3) is 0 Å². The van der Waals surface area contributed by atoms with Gasteiger partial charge in [0.1, 0.15) is 17.2 Å². The highest BCUT2D eigenvalue weighted by atomic mass is 19.4. The predicted molar refractivity (Wildman–Crippen MR) is 168 cm³/mol. The first kappa shape index (κ1) is 38.4. The number of piperidine rings is 1. The topological polar surface area (TPSA) is 157 Å². The van der Waals surface area contributed by atoms with Crippen molar-refractivity contribution in [3.63, 3.8) is 0 Å². The van der Waals surface area contributed by atoms with E-state index in [4.69, 9.17) is 9.47 Å². The number of likely N-dealkylation sites (tertiary alicyclic amines) is 3. The average Bonchev–Trinajstić information content (AvgIpc) is 3.83. The van der Waals surface area contributed by atoms with Gasteiger partial charge in [0.05, 0.1) is 30.7 Å². The van der Waals surface area contributed by atoms with Crippen molar-refractivity contribution in [1.82, 2.24) is 30.0 Å². The molecule has 1 spiro atoms. The van der Waals surface area contributed by atoms with Gasteiger partial charge in [-0.2, -0.15) is 26.3 Å². The molecule has 4 aliphatic heterocycles. The predicted octanol–water partition coefficient (Wildman–Crippen LogP) is 1.98. The second kappa shape index (κ2) is 14.5. The van der Waals surface area contributed by atoms with Crippen LogP contribution in [0, 0.1) is 28.6 Å². The number of aromatic amines is 1. The van der Waals surface area contributed by atoms with Crippen molar-refractivity contribution in [3.8, 4) is 0 Å². The van der Waals surface area contributed by atoms with Crippen LogP contribution in [0.3, 0.4) is 0 Å². The van der Waals surface area contributed by atoms with E-state index >= 15 is 0 Å². The molecule has 3 N–H and O–H groups in total. The lowest BCUT2D eigenvalue weighted by Gasteiger charge is -2.51. The first-order valence-electron chi connectivity index (χ1n) is 17.6. The molecule has 0 aromatic carbocycles. The highest BCUT2D eigenvalue weighted by Gasteiger charge is 2.71. The van der Waals surface area contributed by atoms with Crippen LogP contribution in [0.5, 0.6) is 0 Å². The second-order valence-electron chi connectivity index (χ2n) is 15.0. The number of aromatic nitrogens is 2. The van der Waals surface area contributed by atoms with E-state index in [2.05, 4.69) is 15.3 Å². The average molecular weight is 751 g/mol. The number of hydrogen-bond donors (Lipinski definition) is 3. The molecular weight excluding hydrogens is 706 g/mol. The number of hydrogen-bond acceptors (Lipinski definition) is 9. The SMILES string of the molecule is C[C@@H](OCC1CCOCC1)[C@H](NC(=O)[C@@H]1CN(C(O)c2c[nH]c(=O)cn2)CC12CN(C(=O)C1(C(F)(F)F)CC1)C2)C(=O)N1CCC(C(F)(F)F)CC1. The molecule has 3 amide bonds. The molecular formula is C33H44F6N6O7. The summed E-state index contributed by atoms with van der Waals surface area (Å²) in [5.41, 5.74) is -4.06. The first-order valence-corrected chi connectivity index (χ1v) is 17.6. The normalized spacial score (nSPS) is 25.7. The molecule has 1 aliphatic carbocycles. The number of alkyl halides is 6. The number of aliphatic hydroxyl groups is 1. The van der Waals surface area contributed by atoms with Gasteiger partial charge < -0.3 is 34.7 Å². The lowest BCUT2D eigenvalue weighted by atomic mass is 9.70. The minimum atomic E-state index is -4.74. The zero-order valence-corrected chi connectivity index (χ0v) is 28.7. The highest BCUT2D eigenvalue weighted by Crippen LogP contribution is 2.60. The third kappa shape index (κ3) is 7.68. The van der Waals surface area contributed by atoms with Crippen molar-refractivity contribution in [2.45, 2.75) is 76.2 Å². The maximum absolute atomic E-state index is 14.3. The van der Waals surface area contributed by atoms with Gasteiger partial charge in [-0.1, -0.05) is 0 Å². The molecule has 290 valence electrons. The summed E-state index contributed by atoms with van der Waals surface area (Å²) in [6.07, 6.45) is -9.15. The molecule has 4 atom stereocenters. The summed E-state index contributed by atoms with van der Waals surface area (Å²) in [6, 6.07) is -1.32. The van der Waals surface area contributed by atoms with Gasteiger partial charge in [0.25, 0.3) is 5.56 Å². The van der Waals surface area contributed by atoms with Crippen molar-refractivity contribution < 1.29 is 55.3 Å². The maximum Gasteiger partial charge on any atom is 0.403 e. The van der Waals surface area contributed by atoms with Gasteiger partial charge in [-0.15, -0.1) is 0 Å². The Kier molecular flexibility index (Phi) is 10.7. The van der Waals surface area contributed by atoms with Crippen LogP contribution in [0.15, 0.2) is 17.2 Å². The van der Waals surface area contributed by atoms with E-state index < -0.39 is 76.7 Å². The quantitative estimate of drug-likeness (QED) is 0.305. The Bertz CT molecular complexity index is 1510. The first-order chi connectivity index (χ1) is 24.4. The summed E-state index contributed by atoms with van der Waals surface area (Å²) in [7, 11) is 0. The summed E-state index contributed by atoms with van der Waals surface area (Å²) < 4.78 is 93.2. The number of aliphatic hydroxyl groups excluding tert-OH is 1. The largest absolute Gasteiger partial charge is 0.403 e. The summed E-state index contributed by atoms with van der Waals surface area (Å²) in [4.78, 5) is 63.1. The molecule has 1 saturated carbocycles. The number of amides is 3. The minimum Gasteiger partial charge on any atom is -0.381 e. The number of H-pyrrole nitrogens is 1. The molecule has 5 aliphatic rings. The van der Waals surface area contributed by atoms with Gasteiger partial charge in [-0.3, -0.25) is 24.1 Å². The van der Waals surface area contributed by atoms with Gasteiger partial charge in [0.15, 0.2) is 6.23 Å².